The van der Waals surface area contributed by atoms with E-state index >= 15 is 0 Å². The van der Waals surface area contributed by atoms with E-state index in [-0.39, 0.29) is 24.6 Å². The molecule has 2 amide bonds. The van der Waals surface area contributed by atoms with Crippen molar-refractivity contribution in [1.29, 1.82) is 0 Å². The minimum Gasteiger partial charge on any atom is -0.507 e. The normalized spacial score (nSPS) is 23.2. The zero-order valence-electron chi connectivity index (χ0n) is 26.3. The van der Waals surface area contributed by atoms with Crippen LogP contribution in [0.1, 0.15) is 54.9 Å². The van der Waals surface area contributed by atoms with E-state index in [4.69, 9.17) is 4.65 Å². The minimum atomic E-state index is -5.16. The summed E-state index contributed by atoms with van der Waals surface area (Å²) in [5, 5.41) is 21.3. The minimum absolute atomic E-state index is 0.0485. The molecule has 0 bridgehead atoms. The number of phenolic OH excluding ortho intramolecular Hbond substituents is 1. The summed E-state index contributed by atoms with van der Waals surface area (Å²) in [6.45, 7) is 1.86. The number of alkyl halides is 6. The average Bonchev–Trinajstić information content (AvgIpc) is 3.31. The number of carbonyl (C=O) groups is 2. The van der Waals surface area contributed by atoms with Crippen LogP contribution in [0.15, 0.2) is 83.9 Å². The van der Waals surface area contributed by atoms with E-state index in [0.717, 1.165) is 22.3 Å². The van der Waals surface area contributed by atoms with Gasteiger partial charge in [0.2, 0.25) is 11.8 Å². The maximum atomic E-state index is 14.0. The molecule has 49 heavy (non-hydrogen) atoms. The summed E-state index contributed by atoms with van der Waals surface area (Å²) >= 11 is 0. The molecule has 2 aliphatic heterocycles. The number of allylic oxidation sites excluding steroid dienone is 2. The number of benzene rings is 3. The molecule has 0 spiro atoms. The van der Waals surface area contributed by atoms with Crippen molar-refractivity contribution in [3.05, 3.63) is 106 Å². The first-order valence-corrected chi connectivity index (χ1v) is 15.9. The summed E-state index contributed by atoms with van der Waals surface area (Å²) in [4.78, 5) is 28.2. The summed E-state index contributed by atoms with van der Waals surface area (Å²) in [5.41, 5.74) is -0.184. The van der Waals surface area contributed by atoms with Crippen molar-refractivity contribution >= 4 is 36.3 Å². The Morgan fingerprint density at radius 1 is 0.918 bits per heavy atom. The molecule has 0 aromatic heterocycles. The molecule has 13 heteroatoms. The maximum absolute atomic E-state index is 14.0. The average molecular weight is 683 g/mol. The molecule has 1 aliphatic carbocycles. The lowest BCUT2D eigenvalue weighted by Crippen LogP contribution is -2.46. The smallest absolute Gasteiger partial charge is 0.455 e. The number of phenols is 1. The lowest BCUT2D eigenvalue weighted by Gasteiger charge is -2.43. The molecule has 3 aromatic rings. The number of hydrogen-bond donors (Lipinski definition) is 2. The van der Waals surface area contributed by atoms with Crippen molar-refractivity contribution in [1.82, 2.24) is 0 Å². The lowest BCUT2D eigenvalue weighted by molar-refractivity contribution is -0.143. The highest BCUT2D eigenvalue weighted by Crippen LogP contribution is 2.52. The maximum Gasteiger partial charge on any atom is 0.455 e. The Morgan fingerprint density at radius 2 is 1.55 bits per heavy atom. The van der Waals surface area contributed by atoms with Crippen molar-refractivity contribution in [3.8, 4) is 5.75 Å². The number of aromatic hydroxyl groups is 1. The van der Waals surface area contributed by atoms with E-state index in [1.54, 1.807) is 24.3 Å². The van der Waals surface area contributed by atoms with Crippen molar-refractivity contribution < 1.29 is 50.7 Å². The molecule has 2 saturated heterocycles. The number of halogens is 6. The topological polar surface area (TPSA) is 87.1 Å². The Labute approximate surface area is 278 Å². The third-order valence-corrected chi connectivity index (χ3v) is 9.65. The van der Waals surface area contributed by atoms with Gasteiger partial charge in [0.15, 0.2) is 0 Å². The summed E-state index contributed by atoms with van der Waals surface area (Å²) in [5.74, 6) is -4.54. The first-order chi connectivity index (χ1) is 23.2. The molecule has 2 heterocycles. The lowest BCUT2D eigenvalue weighted by atomic mass is 9.58. The first kappa shape index (κ1) is 34.5. The van der Waals surface area contributed by atoms with E-state index in [1.165, 1.54) is 0 Å². The molecule has 6 rings (SSSR count). The van der Waals surface area contributed by atoms with Gasteiger partial charge in [-0.05, 0) is 85.0 Å². The van der Waals surface area contributed by atoms with Gasteiger partial charge in [0.25, 0.3) is 0 Å². The van der Waals surface area contributed by atoms with Gasteiger partial charge in [0.1, 0.15) is 5.75 Å². The van der Waals surface area contributed by atoms with Crippen LogP contribution in [0.5, 0.6) is 5.75 Å². The molecule has 3 aliphatic rings. The van der Waals surface area contributed by atoms with Gasteiger partial charge >= 0.3 is 19.5 Å². The molecule has 6 nitrogen and oxygen atoms in total. The summed E-state index contributed by atoms with van der Waals surface area (Å²) in [6, 6.07) is 17.0. The second-order valence-corrected chi connectivity index (χ2v) is 12.6. The molecule has 3 aromatic carbocycles. The van der Waals surface area contributed by atoms with Crippen LogP contribution < -0.4 is 4.90 Å². The zero-order chi connectivity index (χ0) is 35.2. The standard InChI is InChI=1S/C36H32BF6NO5/c1-2-20-15-27-32(34(47)44(33(27)46)26-17-24(35(38,39)40)16-25(18-26)36(41,42)43)28-19-37(48)49-30(31(20)28)13-12-22(21-8-4-3-5-9-21)14-23-10-6-7-11-29(23)45/h3-11,14,16-18,27-28,30,32,45,48H,2,12-13,15,19H2,1H3/b22-14-/t27-,28+,30-,32-/m1/s1. The number of rotatable bonds is 7. The number of imide groups is 1. The second kappa shape index (κ2) is 13.2. The van der Waals surface area contributed by atoms with Crippen LogP contribution in [0.3, 0.4) is 0 Å². The Balaban J connectivity index is 1.34. The second-order valence-electron chi connectivity index (χ2n) is 12.6. The number of hydrogen-bond acceptors (Lipinski definition) is 5. The first-order valence-electron chi connectivity index (χ1n) is 15.9. The predicted molar refractivity (Wildman–Crippen MR) is 171 cm³/mol. The summed E-state index contributed by atoms with van der Waals surface area (Å²) in [6.07, 6.45) is -7.95. The largest absolute Gasteiger partial charge is 0.507 e. The molecule has 0 saturated carbocycles. The third kappa shape index (κ3) is 6.78. The molecule has 0 unspecified atom stereocenters. The van der Waals surface area contributed by atoms with E-state index in [0.29, 0.717) is 41.9 Å². The Bertz CT molecular complexity index is 1790. The van der Waals surface area contributed by atoms with E-state index < -0.39 is 72.0 Å². The van der Waals surface area contributed by atoms with Gasteiger partial charge < -0.3 is 14.8 Å². The van der Waals surface area contributed by atoms with Gasteiger partial charge in [0.05, 0.1) is 34.8 Å². The molecule has 256 valence electrons. The van der Waals surface area contributed by atoms with Gasteiger partial charge in [-0.3, -0.25) is 9.59 Å². The highest BCUT2D eigenvalue weighted by atomic mass is 19.4. The highest BCUT2D eigenvalue weighted by molar-refractivity contribution is 6.43. The highest BCUT2D eigenvalue weighted by Gasteiger charge is 2.58. The van der Waals surface area contributed by atoms with Crippen molar-refractivity contribution in [2.75, 3.05) is 4.90 Å². The van der Waals surface area contributed by atoms with Crippen LogP contribution in [-0.2, 0) is 26.6 Å². The van der Waals surface area contributed by atoms with Gasteiger partial charge in [-0.25, -0.2) is 4.90 Å². The molecule has 2 N–H and O–H groups in total. The fourth-order valence-corrected chi connectivity index (χ4v) is 7.46. The fourth-order valence-electron chi connectivity index (χ4n) is 7.46. The Kier molecular flexibility index (Phi) is 9.27. The SMILES string of the molecule is CCC1=C2[C@@H](CC/C(=C/c3ccccc3O)c3ccccc3)OB(O)C[C@@H]2[C@@H]2C(=O)N(c3cc(C(F)(F)F)cc(C(F)(F)F)c3)C(=O)[C@@H]2C1. The van der Waals surface area contributed by atoms with E-state index in [2.05, 4.69) is 0 Å². The van der Waals surface area contributed by atoms with Crippen LogP contribution in [0.25, 0.3) is 11.6 Å². The van der Waals surface area contributed by atoms with Crippen LogP contribution >= 0.6 is 0 Å². The molecule has 0 radical (unpaired) electrons. The number of para-hydroxylation sites is 1. The van der Waals surface area contributed by atoms with Crippen molar-refractivity contribution in [3.63, 3.8) is 0 Å². The molecule has 4 atom stereocenters. The quantitative estimate of drug-likeness (QED) is 0.0863. The van der Waals surface area contributed by atoms with Crippen LogP contribution in [0, 0.1) is 17.8 Å². The van der Waals surface area contributed by atoms with Gasteiger partial charge in [-0.1, -0.05) is 61.0 Å². The summed E-state index contributed by atoms with van der Waals surface area (Å²) in [7, 11) is -1.33. The number of amides is 2. The van der Waals surface area contributed by atoms with Crippen molar-refractivity contribution in [2.45, 2.75) is 57.4 Å². The predicted octanol–water partition coefficient (Wildman–Crippen LogP) is 8.16. The monoisotopic (exact) mass is 683 g/mol. The number of anilines is 1. The van der Waals surface area contributed by atoms with E-state index in [1.807, 2.05) is 43.3 Å². The Morgan fingerprint density at radius 3 is 2.16 bits per heavy atom. The van der Waals surface area contributed by atoms with Crippen LogP contribution in [0.4, 0.5) is 32.0 Å². The van der Waals surface area contributed by atoms with Gasteiger partial charge in [-0.2, -0.15) is 26.3 Å². The number of carbonyl (C=O) groups excluding carboxylic acids is 2. The number of fused-ring (bicyclic) bond motifs is 3. The van der Waals surface area contributed by atoms with Crippen LogP contribution in [-0.4, -0.2) is 35.2 Å². The zero-order valence-corrected chi connectivity index (χ0v) is 26.3. The van der Waals surface area contributed by atoms with Gasteiger partial charge in [-0.15, -0.1) is 0 Å². The fraction of sp³-hybridized carbons (Fsp3) is 0.333. The molecular formula is C36H32BF6NO5. The number of nitrogens with zero attached hydrogens (tertiary/aromatic N) is 1. The molecule has 2 fully saturated rings. The third-order valence-electron chi connectivity index (χ3n) is 9.65. The van der Waals surface area contributed by atoms with Crippen LogP contribution in [0.2, 0.25) is 6.32 Å². The molecular weight excluding hydrogens is 651 g/mol. The summed E-state index contributed by atoms with van der Waals surface area (Å²) < 4.78 is 88.1. The van der Waals surface area contributed by atoms with Crippen molar-refractivity contribution in [2.24, 2.45) is 17.8 Å². The van der Waals surface area contributed by atoms with Gasteiger partial charge in [0, 0.05) is 5.56 Å². The Hall–Kier alpha value is -4.36. The van der Waals surface area contributed by atoms with E-state index in [9.17, 15) is 46.1 Å².